The van der Waals surface area contributed by atoms with Crippen molar-refractivity contribution < 1.29 is 9.90 Å². The Morgan fingerprint density at radius 1 is 0.824 bits per heavy atom. The summed E-state index contributed by atoms with van der Waals surface area (Å²) in [4.78, 5) is 13.7. The molecule has 34 heavy (non-hydrogen) atoms. The van der Waals surface area contributed by atoms with Crippen LogP contribution in [0.5, 0.6) is 0 Å². The predicted molar refractivity (Wildman–Crippen MR) is 147 cm³/mol. The van der Waals surface area contributed by atoms with Crippen molar-refractivity contribution in [3.05, 3.63) is 75.5 Å². The summed E-state index contributed by atoms with van der Waals surface area (Å²) in [5, 5.41) is 10.9. The highest BCUT2D eigenvalue weighted by Gasteiger charge is 2.27. The van der Waals surface area contributed by atoms with Crippen molar-refractivity contribution >= 4 is 11.9 Å². The van der Waals surface area contributed by atoms with Crippen LogP contribution in [0.3, 0.4) is 0 Å². The van der Waals surface area contributed by atoms with Gasteiger partial charge in [0.2, 0.25) is 5.78 Å². The minimum atomic E-state index is -0.264. The molecule has 2 heteroatoms. The van der Waals surface area contributed by atoms with Gasteiger partial charge in [0.05, 0.1) is 0 Å². The summed E-state index contributed by atoms with van der Waals surface area (Å²) in [6.07, 6.45) is 9.13. The van der Waals surface area contributed by atoms with Crippen LogP contribution < -0.4 is 0 Å². The largest absolute Gasteiger partial charge is 0.504 e. The van der Waals surface area contributed by atoms with Crippen molar-refractivity contribution in [2.24, 2.45) is 0 Å². The summed E-state index contributed by atoms with van der Waals surface area (Å²) in [6, 6.07) is 12.2. The maximum atomic E-state index is 13.7. The molecule has 2 nitrogen and oxygen atoms in total. The molecular weight excluding hydrogens is 416 g/mol. The lowest BCUT2D eigenvalue weighted by atomic mass is 9.76. The second-order valence-corrected chi connectivity index (χ2v) is 10.1. The summed E-state index contributed by atoms with van der Waals surface area (Å²) in [5.74, 6) is 0.662. The van der Waals surface area contributed by atoms with E-state index in [2.05, 4.69) is 60.6 Å². The van der Waals surface area contributed by atoms with E-state index >= 15 is 0 Å². The van der Waals surface area contributed by atoms with Gasteiger partial charge in [-0.2, -0.15) is 0 Å². The molecule has 0 saturated carbocycles. The van der Waals surface area contributed by atoms with Gasteiger partial charge in [-0.3, -0.25) is 4.79 Å². The molecule has 0 bridgehead atoms. The molecule has 2 rings (SSSR count). The number of ketones is 1. The normalized spacial score (nSPS) is 14.6. The lowest BCUT2D eigenvalue weighted by Crippen LogP contribution is -2.16. The fourth-order valence-electron chi connectivity index (χ4n) is 5.37. The van der Waals surface area contributed by atoms with Gasteiger partial charge in [0.25, 0.3) is 0 Å². The number of aryl methyl sites for hydroxylation is 1. The third-order valence-corrected chi connectivity index (χ3v) is 7.14. The molecule has 0 aliphatic rings. The van der Waals surface area contributed by atoms with Gasteiger partial charge in [0.1, 0.15) is 0 Å². The fraction of sp³-hybridized carbons (Fsp3) is 0.531. The number of aliphatic hydroxyl groups excluding tert-OH is 1. The Balaban J connectivity index is 2.68. The van der Waals surface area contributed by atoms with Crippen LogP contribution in [0.15, 0.2) is 42.2 Å². The van der Waals surface area contributed by atoms with Crippen LogP contribution in [0.4, 0.5) is 0 Å². The van der Waals surface area contributed by atoms with Gasteiger partial charge in [-0.25, -0.2) is 0 Å². The van der Waals surface area contributed by atoms with Gasteiger partial charge in [-0.15, -0.1) is 0 Å². The molecule has 0 aliphatic heterocycles. The fourth-order valence-corrected chi connectivity index (χ4v) is 5.37. The highest BCUT2D eigenvalue weighted by atomic mass is 16.3. The number of aliphatic hydroxyl groups is 1. The van der Waals surface area contributed by atoms with Crippen LogP contribution in [0.1, 0.15) is 143 Å². The average Bonchev–Trinajstić information content (AvgIpc) is 2.83. The molecule has 3 atom stereocenters. The summed E-state index contributed by atoms with van der Waals surface area (Å²) in [7, 11) is 0. The molecule has 0 aliphatic carbocycles. The van der Waals surface area contributed by atoms with Crippen molar-refractivity contribution in [2.45, 2.75) is 111 Å². The topological polar surface area (TPSA) is 37.3 Å². The van der Waals surface area contributed by atoms with Crippen LogP contribution in [0, 0.1) is 0 Å². The molecule has 2 aromatic carbocycles. The number of hydrogen-bond donors (Lipinski definition) is 1. The first-order valence-electron chi connectivity index (χ1n) is 13.5. The summed E-state index contributed by atoms with van der Waals surface area (Å²) in [6.45, 7) is 15.6. The molecule has 186 valence electrons. The van der Waals surface area contributed by atoms with Gasteiger partial charge >= 0.3 is 0 Å². The highest BCUT2D eigenvalue weighted by Crippen LogP contribution is 2.40. The molecule has 0 saturated heterocycles. The molecule has 2 aromatic rings. The third-order valence-electron chi connectivity index (χ3n) is 7.14. The number of Topliss-reactive ketones (excluding diaryl/α,β-unsaturated/α-hetero) is 1. The van der Waals surface area contributed by atoms with Crippen LogP contribution >= 0.6 is 0 Å². The number of allylic oxidation sites excluding steroid dienone is 1. The molecular formula is C32H46O2. The Hall–Kier alpha value is -2.35. The Morgan fingerprint density at radius 3 is 2.00 bits per heavy atom. The van der Waals surface area contributed by atoms with E-state index in [0.29, 0.717) is 17.4 Å². The van der Waals surface area contributed by atoms with E-state index in [-0.39, 0.29) is 17.5 Å². The third kappa shape index (κ3) is 6.84. The lowest BCUT2D eigenvalue weighted by molar-refractivity contribution is 0.0978. The van der Waals surface area contributed by atoms with Crippen molar-refractivity contribution in [1.82, 2.24) is 0 Å². The van der Waals surface area contributed by atoms with Gasteiger partial charge in [-0.05, 0) is 77.3 Å². The molecule has 3 unspecified atom stereocenters. The maximum Gasteiger partial charge on any atom is 0.227 e. The number of carbonyl (C=O) groups excluding carboxylic acids is 1. The molecule has 0 radical (unpaired) electrons. The average molecular weight is 463 g/mol. The number of carbonyl (C=O) groups is 1. The van der Waals surface area contributed by atoms with Crippen molar-refractivity contribution in [1.29, 1.82) is 0 Å². The summed E-state index contributed by atoms with van der Waals surface area (Å²) < 4.78 is 0. The SMILES string of the molecule is CCCC(C)c1ccc(C(=O)C(O)=Cc2cccc(CC)c2)c(C(C)CCC)c1C(C)CCC. The summed E-state index contributed by atoms with van der Waals surface area (Å²) in [5.41, 5.74) is 6.63. The first-order valence-corrected chi connectivity index (χ1v) is 13.5. The molecule has 0 spiro atoms. The Labute approximate surface area is 208 Å². The van der Waals surface area contributed by atoms with E-state index in [0.717, 1.165) is 56.1 Å². The molecule has 1 N–H and O–H groups in total. The minimum absolute atomic E-state index is 0.179. The standard InChI is InChI=1S/C32H46O2/c1-8-13-22(5)27-18-19-28(31(24(7)15-10-3)30(27)23(6)14-9-2)32(34)29(33)21-26-17-12-16-25(11-4)20-26/h12,16-24,33H,8-11,13-15H2,1-7H3. The van der Waals surface area contributed by atoms with E-state index in [1.807, 2.05) is 24.3 Å². The van der Waals surface area contributed by atoms with E-state index in [4.69, 9.17) is 0 Å². The quantitative estimate of drug-likeness (QED) is 0.183. The first-order chi connectivity index (χ1) is 16.3. The van der Waals surface area contributed by atoms with Crippen molar-refractivity contribution in [2.75, 3.05) is 0 Å². The van der Waals surface area contributed by atoms with Crippen LogP contribution in [0.25, 0.3) is 6.08 Å². The highest BCUT2D eigenvalue weighted by molar-refractivity contribution is 6.10. The van der Waals surface area contributed by atoms with E-state index in [9.17, 15) is 9.90 Å². The zero-order valence-electron chi connectivity index (χ0n) is 22.6. The second kappa shape index (κ2) is 13.5. The number of hydrogen-bond acceptors (Lipinski definition) is 2. The molecule has 0 amide bonds. The Bertz CT molecular complexity index is 969. The van der Waals surface area contributed by atoms with Gasteiger partial charge in [0, 0.05) is 5.56 Å². The molecule has 0 fully saturated rings. The van der Waals surface area contributed by atoms with Crippen LogP contribution in [-0.2, 0) is 6.42 Å². The van der Waals surface area contributed by atoms with Crippen molar-refractivity contribution in [3.63, 3.8) is 0 Å². The smallest absolute Gasteiger partial charge is 0.227 e. The molecule has 0 aromatic heterocycles. The van der Waals surface area contributed by atoms with E-state index in [1.165, 1.54) is 16.7 Å². The zero-order valence-corrected chi connectivity index (χ0v) is 22.6. The maximum absolute atomic E-state index is 13.7. The van der Waals surface area contributed by atoms with Gasteiger partial charge in [0.15, 0.2) is 5.76 Å². The van der Waals surface area contributed by atoms with Crippen molar-refractivity contribution in [3.8, 4) is 0 Å². The lowest BCUT2D eigenvalue weighted by Gasteiger charge is -2.29. The van der Waals surface area contributed by atoms with E-state index in [1.54, 1.807) is 6.08 Å². The van der Waals surface area contributed by atoms with Gasteiger partial charge in [-0.1, -0.05) is 104 Å². The minimum Gasteiger partial charge on any atom is -0.504 e. The van der Waals surface area contributed by atoms with Gasteiger partial charge < -0.3 is 5.11 Å². The van der Waals surface area contributed by atoms with Crippen LogP contribution in [0.2, 0.25) is 0 Å². The summed E-state index contributed by atoms with van der Waals surface area (Å²) >= 11 is 0. The molecule has 0 heterocycles. The van der Waals surface area contributed by atoms with E-state index < -0.39 is 0 Å². The second-order valence-electron chi connectivity index (χ2n) is 10.1. The Kier molecular flexibility index (Phi) is 11.1. The predicted octanol–water partition coefficient (Wildman–Crippen LogP) is 9.74. The monoisotopic (exact) mass is 462 g/mol. The van der Waals surface area contributed by atoms with Crippen LogP contribution in [-0.4, -0.2) is 10.9 Å². The first kappa shape index (κ1) is 27.9. The number of rotatable bonds is 13. The zero-order chi connectivity index (χ0) is 25.3. The number of benzene rings is 2. The Morgan fingerprint density at radius 2 is 1.41 bits per heavy atom.